The molecule has 3 aromatic rings. The van der Waals surface area contributed by atoms with Gasteiger partial charge in [-0.2, -0.15) is 0 Å². The van der Waals surface area contributed by atoms with Crippen molar-refractivity contribution in [3.05, 3.63) is 58.7 Å². The lowest BCUT2D eigenvalue weighted by atomic mass is 10.2. The number of phenols is 1. The van der Waals surface area contributed by atoms with Crippen molar-refractivity contribution in [3.63, 3.8) is 0 Å². The Labute approximate surface area is 118 Å². The predicted molar refractivity (Wildman–Crippen MR) is 78.0 cm³/mol. The number of carbonyl (C=O) groups excluding carboxylic acids is 1. The number of halogens is 1. The van der Waals surface area contributed by atoms with Gasteiger partial charge in [-0.1, -0.05) is 18.2 Å². The molecule has 94 valence electrons. The summed E-state index contributed by atoms with van der Waals surface area (Å²) in [4.78, 5) is 11.3. The van der Waals surface area contributed by atoms with Gasteiger partial charge in [0.15, 0.2) is 6.29 Å². The molecule has 3 rings (SSSR count). The molecule has 0 atom stereocenters. The first-order valence-electron chi connectivity index (χ1n) is 5.76. The highest BCUT2D eigenvalue weighted by Crippen LogP contribution is 2.32. The largest absolute Gasteiger partial charge is 0.508 e. The SMILES string of the molecule is O=Cc1c(Br)n(-c2ccc(O)cc2)c2ccccc12. The Morgan fingerprint density at radius 3 is 2.42 bits per heavy atom. The summed E-state index contributed by atoms with van der Waals surface area (Å²) < 4.78 is 2.66. The molecule has 0 bridgehead atoms. The van der Waals surface area contributed by atoms with Crippen molar-refractivity contribution < 1.29 is 9.90 Å². The van der Waals surface area contributed by atoms with Crippen molar-refractivity contribution in [1.29, 1.82) is 0 Å². The summed E-state index contributed by atoms with van der Waals surface area (Å²) in [6.45, 7) is 0. The van der Waals surface area contributed by atoms with E-state index in [0.29, 0.717) is 5.56 Å². The van der Waals surface area contributed by atoms with E-state index in [1.54, 1.807) is 24.3 Å². The summed E-state index contributed by atoms with van der Waals surface area (Å²) in [5, 5.41) is 10.3. The second-order valence-corrected chi connectivity index (χ2v) is 4.94. The van der Waals surface area contributed by atoms with Crippen LogP contribution in [0.25, 0.3) is 16.6 Å². The molecule has 2 aromatic carbocycles. The molecule has 3 nitrogen and oxygen atoms in total. The van der Waals surface area contributed by atoms with Crippen LogP contribution in [0.15, 0.2) is 53.1 Å². The predicted octanol–water partition coefficient (Wildman–Crippen LogP) is 3.91. The minimum absolute atomic E-state index is 0.215. The molecule has 0 spiro atoms. The van der Waals surface area contributed by atoms with E-state index in [2.05, 4.69) is 15.9 Å². The molecule has 0 aliphatic rings. The van der Waals surface area contributed by atoms with Crippen LogP contribution >= 0.6 is 15.9 Å². The zero-order valence-corrected chi connectivity index (χ0v) is 11.5. The Morgan fingerprint density at radius 1 is 1.05 bits per heavy atom. The summed E-state index contributed by atoms with van der Waals surface area (Å²) in [6, 6.07) is 14.6. The van der Waals surface area contributed by atoms with Crippen molar-refractivity contribution in [2.45, 2.75) is 0 Å². The number of aromatic nitrogens is 1. The Balaban J connectivity index is 2.37. The van der Waals surface area contributed by atoms with E-state index in [1.165, 1.54) is 0 Å². The van der Waals surface area contributed by atoms with Gasteiger partial charge in [-0.05, 0) is 46.3 Å². The lowest BCUT2D eigenvalue weighted by Crippen LogP contribution is -1.93. The lowest BCUT2D eigenvalue weighted by molar-refractivity contribution is 0.112. The van der Waals surface area contributed by atoms with Crippen molar-refractivity contribution in [2.75, 3.05) is 0 Å². The maximum atomic E-state index is 11.3. The van der Waals surface area contributed by atoms with E-state index < -0.39 is 0 Å². The van der Waals surface area contributed by atoms with E-state index in [4.69, 9.17) is 0 Å². The van der Waals surface area contributed by atoms with Crippen molar-refractivity contribution in [2.24, 2.45) is 0 Å². The van der Waals surface area contributed by atoms with E-state index in [-0.39, 0.29) is 5.75 Å². The van der Waals surface area contributed by atoms with Crippen LogP contribution in [0.2, 0.25) is 0 Å². The smallest absolute Gasteiger partial charge is 0.153 e. The van der Waals surface area contributed by atoms with Crippen molar-refractivity contribution in [1.82, 2.24) is 4.57 Å². The molecule has 19 heavy (non-hydrogen) atoms. The van der Waals surface area contributed by atoms with Crippen LogP contribution in [0.1, 0.15) is 10.4 Å². The zero-order chi connectivity index (χ0) is 13.4. The number of nitrogens with zero attached hydrogens (tertiary/aromatic N) is 1. The number of carbonyl (C=O) groups is 1. The van der Waals surface area contributed by atoms with E-state index in [0.717, 1.165) is 27.5 Å². The molecule has 0 aliphatic carbocycles. The Kier molecular flexibility index (Phi) is 2.87. The molecule has 0 radical (unpaired) electrons. The van der Waals surface area contributed by atoms with Crippen molar-refractivity contribution >= 4 is 33.1 Å². The highest BCUT2D eigenvalue weighted by Gasteiger charge is 2.15. The Hall–Kier alpha value is -2.07. The van der Waals surface area contributed by atoms with Gasteiger partial charge in [0.2, 0.25) is 0 Å². The number of para-hydroxylation sites is 1. The molecular weight excluding hydrogens is 306 g/mol. The quantitative estimate of drug-likeness (QED) is 0.728. The average Bonchev–Trinajstić information content (AvgIpc) is 2.71. The monoisotopic (exact) mass is 315 g/mol. The van der Waals surface area contributed by atoms with Crippen LogP contribution in [0.5, 0.6) is 5.75 Å². The van der Waals surface area contributed by atoms with Gasteiger partial charge in [-0.15, -0.1) is 0 Å². The minimum Gasteiger partial charge on any atom is -0.508 e. The van der Waals surface area contributed by atoms with E-state index in [9.17, 15) is 9.90 Å². The van der Waals surface area contributed by atoms with Gasteiger partial charge < -0.3 is 9.67 Å². The summed E-state index contributed by atoms with van der Waals surface area (Å²) in [5.41, 5.74) is 2.46. The van der Waals surface area contributed by atoms with Crippen LogP contribution in [0.4, 0.5) is 0 Å². The number of aldehydes is 1. The summed E-state index contributed by atoms with van der Waals surface area (Å²) in [6.07, 6.45) is 0.851. The molecule has 0 unspecified atom stereocenters. The first kappa shape index (κ1) is 12.0. The molecule has 1 aromatic heterocycles. The normalized spacial score (nSPS) is 10.8. The molecule has 1 heterocycles. The molecule has 0 aliphatic heterocycles. The Morgan fingerprint density at radius 2 is 1.74 bits per heavy atom. The maximum absolute atomic E-state index is 11.3. The third-order valence-corrected chi connectivity index (χ3v) is 3.86. The molecule has 0 saturated carbocycles. The number of phenolic OH excluding ortho intramolecular Hbond substituents is 1. The molecule has 4 heteroatoms. The summed E-state index contributed by atoms with van der Waals surface area (Å²) in [5.74, 6) is 0.215. The fourth-order valence-corrected chi connectivity index (χ4v) is 2.90. The van der Waals surface area contributed by atoms with Gasteiger partial charge in [0, 0.05) is 11.1 Å². The highest BCUT2D eigenvalue weighted by atomic mass is 79.9. The van der Waals surface area contributed by atoms with Crippen LogP contribution in [0, 0.1) is 0 Å². The first-order valence-corrected chi connectivity index (χ1v) is 6.55. The highest BCUT2D eigenvalue weighted by molar-refractivity contribution is 9.10. The third kappa shape index (κ3) is 1.85. The van der Waals surface area contributed by atoms with Gasteiger partial charge in [0.05, 0.1) is 11.1 Å². The number of hydrogen-bond donors (Lipinski definition) is 1. The van der Waals surface area contributed by atoms with Gasteiger partial charge in [-0.25, -0.2) is 0 Å². The summed E-state index contributed by atoms with van der Waals surface area (Å²) >= 11 is 3.48. The average molecular weight is 316 g/mol. The molecule has 1 N–H and O–H groups in total. The van der Waals surface area contributed by atoms with Gasteiger partial charge in [0.1, 0.15) is 10.4 Å². The molecular formula is C15H10BrNO2. The number of hydrogen-bond acceptors (Lipinski definition) is 2. The number of fused-ring (bicyclic) bond motifs is 1. The van der Waals surface area contributed by atoms with E-state index in [1.807, 2.05) is 28.8 Å². The van der Waals surface area contributed by atoms with Gasteiger partial charge in [-0.3, -0.25) is 4.79 Å². The minimum atomic E-state index is 0.215. The lowest BCUT2D eigenvalue weighted by Gasteiger charge is -2.07. The zero-order valence-electron chi connectivity index (χ0n) is 9.88. The fourth-order valence-electron chi connectivity index (χ4n) is 2.20. The molecule has 0 fully saturated rings. The topological polar surface area (TPSA) is 42.2 Å². The second kappa shape index (κ2) is 4.55. The van der Waals surface area contributed by atoms with E-state index >= 15 is 0 Å². The van der Waals surface area contributed by atoms with Gasteiger partial charge in [0.25, 0.3) is 0 Å². The van der Waals surface area contributed by atoms with Crippen LogP contribution in [0.3, 0.4) is 0 Å². The number of aromatic hydroxyl groups is 1. The third-order valence-electron chi connectivity index (χ3n) is 3.08. The number of rotatable bonds is 2. The molecule has 0 amide bonds. The van der Waals surface area contributed by atoms with Crippen LogP contribution in [-0.2, 0) is 0 Å². The fraction of sp³-hybridized carbons (Fsp3) is 0. The number of benzene rings is 2. The first-order chi connectivity index (χ1) is 9.22. The van der Waals surface area contributed by atoms with Gasteiger partial charge >= 0.3 is 0 Å². The standard InChI is InChI=1S/C15H10BrNO2/c16-15-13(9-18)12-3-1-2-4-14(12)17(15)10-5-7-11(19)8-6-10/h1-9,19H. The Bertz CT molecular complexity index is 760. The molecule has 0 saturated heterocycles. The summed E-state index contributed by atoms with van der Waals surface area (Å²) in [7, 11) is 0. The van der Waals surface area contributed by atoms with Crippen LogP contribution < -0.4 is 0 Å². The van der Waals surface area contributed by atoms with Crippen molar-refractivity contribution in [3.8, 4) is 11.4 Å². The maximum Gasteiger partial charge on any atom is 0.153 e. The second-order valence-electron chi connectivity index (χ2n) is 4.19. The van der Waals surface area contributed by atoms with Crippen LogP contribution in [-0.4, -0.2) is 16.0 Å².